The van der Waals surface area contributed by atoms with Gasteiger partial charge in [0.05, 0.1) is 12.3 Å². The molecule has 1 heterocycles. The maximum absolute atomic E-state index is 12.0. The molecular weight excluding hydrogens is 264 g/mol. The van der Waals surface area contributed by atoms with Crippen LogP contribution in [0.4, 0.5) is 0 Å². The minimum atomic E-state index is -0.690. The van der Waals surface area contributed by atoms with Crippen LogP contribution in [0.2, 0.25) is 0 Å². The van der Waals surface area contributed by atoms with Crippen molar-refractivity contribution in [1.29, 1.82) is 0 Å². The van der Waals surface area contributed by atoms with Crippen LogP contribution < -0.4 is 5.32 Å². The summed E-state index contributed by atoms with van der Waals surface area (Å²) in [6.45, 7) is 7.97. The predicted octanol–water partition coefficient (Wildman–Crippen LogP) is 2.39. The van der Waals surface area contributed by atoms with Gasteiger partial charge in [0.25, 0.3) is 5.22 Å². The quantitative estimate of drug-likeness (QED) is 0.613. The first-order valence-electron chi connectivity index (χ1n) is 6.36. The van der Waals surface area contributed by atoms with Crippen molar-refractivity contribution in [3.63, 3.8) is 0 Å². The third-order valence-electron chi connectivity index (χ3n) is 2.87. The molecule has 0 aliphatic carbocycles. The molecule has 6 heteroatoms. The predicted molar refractivity (Wildman–Crippen MR) is 75.3 cm³/mol. The number of nitrogens with one attached hydrogen (secondary N) is 1. The number of esters is 1. The lowest BCUT2D eigenvalue weighted by Gasteiger charge is -2.28. The van der Waals surface area contributed by atoms with Gasteiger partial charge in [-0.25, -0.2) is 4.98 Å². The highest BCUT2D eigenvalue weighted by molar-refractivity contribution is 7.99. The number of thioether (sulfide) groups is 1. The molecule has 5 nitrogen and oxygen atoms in total. The van der Waals surface area contributed by atoms with Gasteiger partial charge < -0.3 is 14.5 Å². The molecule has 0 fully saturated rings. The molecule has 0 aliphatic rings. The van der Waals surface area contributed by atoms with Crippen LogP contribution in [0.1, 0.15) is 32.9 Å². The highest BCUT2D eigenvalue weighted by Crippen LogP contribution is 2.28. The second-order valence-corrected chi connectivity index (χ2v) is 6.08. The Morgan fingerprint density at radius 2 is 2.37 bits per heavy atom. The second kappa shape index (κ2) is 6.96. The number of likely N-dealkylation sites (N-methyl/N-ethyl adjacent to an activating group) is 1. The highest BCUT2D eigenvalue weighted by atomic mass is 32.2. The molecule has 2 unspecified atom stereocenters. The number of aryl methyl sites for hydroxylation is 1. The van der Waals surface area contributed by atoms with E-state index in [-0.39, 0.29) is 11.2 Å². The maximum Gasteiger partial charge on any atom is 0.326 e. The summed E-state index contributed by atoms with van der Waals surface area (Å²) in [7, 11) is 1.77. The molecule has 1 N–H and O–H groups in total. The molecule has 0 saturated carbocycles. The largest absolute Gasteiger partial charge is 0.465 e. The van der Waals surface area contributed by atoms with Gasteiger partial charge in [-0.05, 0) is 34.2 Å². The van der Waals surface area contributed by atoms with Gasteiger partial charge in [-0.3, -0.25) is 4.79 Å². The monoisotopic (exact) mass is 286 g/mol. The fourth-order valence-electron chi connectivity index (χ4n) is 1.75. The standard InChI is InChI=1S/C13H22N2O3S/c1-6-17-11(16)13(4,14-5)7-10(3)19-12-15-9(2)8-18-12/h8,10,14H,6-7H2,1-5H3. The summed E-state index contributed by atoms with van der Waals surface area (Å²) >= 11 is 1.52. The molecule has 19 heavy (non-hydrogen) atoms. The summed E-state index contributed by atoms with van der Waals surface area (Å²) in [5, 5.41) is 3.86. The fourth-order valence-corrected chi connectivity index (χ4v) is 2.81. The molecule has 108 valence electrons. The Bertz CT molecular complexity index is 422. The lowest BCUT2D eigenvalue weighted by atomic mass is 9.96. The number of carbonyl (C=O) groups is 1. The van der Waals surface area contributed by atoms with Gasteiger partial charge in [-0.1, -0.05) is 18.7 Å². The normalized spacial score (nSPS) is 15.8. The van der Waals surface area contributed by atoms with Crippen LogP contribution in [0.15, 0.2) is 15.9 Å². The number of rotatable bonds is 7. The molecule has 0 saturated heterocycles. The molecule has 0 aliphatic heterocycles. The number of nitrogens with zero attached hydrogens (tertiary/aromatic N) is 1. The SMILES string of the molecule is CCOC(=O)C(C)(CC(C)Sc1nc(C)co1)NC. The smallest absolute Gasteiger partial charge is 0.326 e. The zero-order valence-electron chi connectivity index (χ0n) is 12.1. The first kappa shape index (κ1) is 16.0. The number of aromatic nitrogens is 1. The van der Waals surface area contributed by atoms with Crippen LogP contribution in [0, 0.1) is 6.92 Å². The second-order valence-electron chi connectivity index (χ2n) is 4.69. The van der Waals surface area contributed by atoms with Crippen molar-refractivity contribution in [2.75, 3.05) is 13.7 Å². The number of hydrogen-bond acceptors (Lipinski definition) is 6. The summed E-state index contributed by atoms with van der Waals surface area (Å²) in [4.78, 5) is 16.2. The number of oxazole rings is 1. The van der Waals surface area contributed by atoms with Crippen molar-refractivity contribution in [2.24, 2.45) is 0 Å². The zero-order valence-corrected chi connectivity index (χ0v) is 13.0. The summed E-state index contributed by atoms with van der Waals surface area (Å²) in [6.07, 6.45) is 2.26. The lowest BCUT2D eigenvalue weighted by Crippen LogP contribution is -2.50. The fraction of sp³-hybridized carbons (Fsp3) is 0.692. The first-order chi connectivity index (χ1) is 8.91. The van der Waals surface area contributed by atoms with E-state index >= 15 is 0 Å². The van der Waals surface area contributed by atoms with E-state index in [0.717, 1.165) is 5.69 Å². The maximum atomic E-state index is 12.0. The van der Waals surface area contributed by atoms with Crippen molar-refractivity contribution < 1.29 is 13.9 Å². The lowest BCUT2D eigenvalue weighted by molar-refractivity contribution is -0.150. The van der Waals surface area contributed by atoms with Gasteiger partial charge in [-0.15, -0.1) is 0 Å². The molecular formula is C13H22N2O3S. The van der Waals surface area contributed by atoms with E-state index in [1.807, 2.05) is 27.7 Å². The molecule has 1 rings (SSSR count). The third-order valence-corrected chi connectivity index (χ3v) is 3.83. The summed E-state index contributed by atoms with van der Waals surface area (Å²) in [6, 6.07) is 0. The summed E-state index contributed by atoms with van der Waals surface area (Å²) in [5.41, 5.74) is 0.167. The van der Waals surface area contributed by atoms with E-state index in [1.165, 1.54) is 11.8 Å². The van der Waals surface area contributed by atoms with Crippen molar-refractivity contribution in [3.05, 3.63) is 12.0 Å². The van der Waals surface area contributed by atoms with E-state index in [0.29, 0.717) is 18.3 Å². The van der Waals surface area contributed by atoms with Crippen molar-refractivity contribution >= 4 is 17.7 Å². The number of hydrogen-bond donors (Lipinski definition) is 1. The van der Waals surface area contributed by atoms with Gasteiger partial charge >= 0.3 is 5.97 Å². The van der Waals surface area contributed by atoms with Gasteiger partial charge in [0.15, 0.2) is 0 Å². The minimum Gasteiger partial charge on any atom is -0.465 e. The zero-order chi connectivity index (χ0) is 14.5. The van der Waals surface area contributed by atoms with Gasteiger partial charge in [-0.2, -0.15) is 0 Å². The Hall–Kier alpha value is -1.01. The third kappa shape index (κ3) is 4.54. The molecule has 0 radical (unpaired) electrons. The van der Waals surface area contributed by atoms with E-state index in [2.05, 4.69) is 10.3 Å². The van der Waals surface area contributed by atoms with Gasteiger partial charge in [0, 0.05) is 5.25 Å². The first-order valence-corrected chi connectivity index (χ1v) is 7.24. The van der Waals surface area contributed by atoms with Gasteiger partial charge in [0.1, 0.15) is 11.8 Å². The van der Waals surface area contributed by atoms with Crippen LogP contribution in [0.25, 0.3) is 0 Å². The van der Waals surface area contributed by atoms with Gasteiger partial charge in [0.2, 0.25) is 0 Å². The van der Waals surface area contributed by atoms with E-state index in [9.17, 15) is 4.79 Å². The average Bonchev–Trinajstić information content (AvgIpc) is 2.74. The molecule has 0 amide bonds. The van der Waals surface area contributed by atoms with E-state index in [4.69, 9.17) is 9.15 Å². The van der Waals surface area contributed by atoms with Crippen LogP contribution in [-0.2, 0) is 9.53 Å². The van der Waals surface area contributed by atoms with Crippen LogP contribution in [-0.4, -0.2) is 35.4 Å². The molecule has 1 aromatic heterocycles. The van der Waals surface area contributed by atoms with Crippen LogP contribution in [0.3, 0.4) is 0 Å². The Morgan fingerprint density at radius 1 is 1.68 bits per heavy atom. The minimum absolute atomic E-state index is 0.180. The molecule has 0 aromatic carbocycles. The Balaban J connectivity index is 2.62. The van der Waals surface area contributed by atoms with Crippen molar-refractivity contribution in [3.8, 4) is 0 Å². The summed E-state index contributed by atoms with van der Waals surface area (Å²) < 4.78 is 10.4. The summed E-state index contributed by atoms with van der Waals surface area (Å²) in [5.74, 6) is -0.228. The topological polar surface area (TPSA) is 64.4 Å². The van der Waals surface area contributed by atoms with E-state index in [1.54, 1.807) is 13.3 Å². The Kier molecular flexibility index (Phi) is 5.87. The molecule has 0 spiro atoms. The Morgan fingerprint density at radius 3 is 2.84 bits per heavy atom. The average molecular weight is 286 g/mol. The number of carbonyl (C=O) groups excluding carboxylic acids is 1. The van der Waals surface area contributed by atoms with Crippen molar-refractivity contribution in [2.45, 2.75) is 50.1 Å². The molecule has 0 bridgehead atoms. The van der Waals surface area contributed by atoms with Crippen molar-refractivity contribution in [1.82, 2.24) is 10.3 Å². The highest BCUT2D eigenvalue weighted by Gasteiger charge is 2.35. The van der Waals surface area contributed by atoms with E-state index < -0.39 is 5.54 Å². The van der Waals surface area contributed by atoms with Crippen LogP contribution >= 0.6 is 11.8 Å². The van der Waals surface area contributed by atoms with Crippen LogP contribution in [0.5, 0.6) is 0 Å². The molecule has 1 aromatic rings. The molecule has 2 atom stereocenters. The Labute approximate surface area is 118 Å². The number of ether oxygens (including phenoxy) is 1.